The largest absolute Gasteiger partial charge is 0.440 e. The van der Waals surface area contributed by atoms with E-state index in [4.69, 9.17) is 16.6 Å². The zero-order valence-electron chi connectivity index (χ0n) is 15.7. The SMILES string of the molecule is O=C(c1c[nH]c(=S)n1-c1ccccc1)N1CCC(c2nc3ccccc3o2)CC1. The second-order valence-corrected chi connectivity index (χ2v) is 7.62. The van der Waals surface area contributed by atoms with Crippen molar-refractivity contribution in [3.8, 4) is 5.69 Å². The Morgan fingerprint density at radius 2 is 1.79 bits per heavy atom. The number of oxazole rings is 1. The van der Waals surface area contributed by atoms with E-state index in [1.54, 1.807) is 10.8 Å². The molecule has 0 unspecified atom stereocenters. The number of imidazole rings is 1. The van der Waals surface area contributed by atoms with Crippen LogP contribution in [0.4, 0.5) is 0 Å². The smallest absolute Gasteiger partial charge is 0.272 e. The molecule has 7 heteroatoms. The summed E-state index contributed by atoms with van der Waals surface area (Å²) in [5.41, 5.74) is 3.13. The Bertz CT molecular complexity index is 1180. The molecule has 0 spiro atoms. The lowest BCUT2D eigenvalue weighted by atomic mass is 9.96. The molecule has 6 nitrogen and oxygen atoms in total. The predicted molar refractivity (Wildman–Crippen MR) is 113 cm³/mol. The van der Waals surface area contributed by atoms with E-state index in [1.165, 1.54) is 0 Å². The minimum atomic E-state index is -0.0165. The Morgan fingerprint density at radius 3 is 2.55 bits per heavy atom. The van der Waals surface area contributed by atoms with E-state index in [2.05, 4.69) is 9.97 Å². The van der Waals surface area contributed by atoms with E-state index < -0.39 is 0 Å². The van der Waals surface area contributed by atoms with E-state index in [0.717, 1.165) is 35.5 Å². The Hall–Kier alpha value is -3.19. The monoisotopic (exact) mass is 404 g/mol. The lowest BCUT2D eigenvalue weighted by molar-refractivity contribution is 0.0698. The number of hydrogen-bond donors (Lipinski definition) is 1. The molecular formula is C22H20N4O2S. The third-order valence-corrected chi connectivity index (χ3v) is 5.75. The number of carbonyl (C=O) groups excluding carboxylic acids is 1. The fourth-order valence-electron chi connectivity index (χ4n) is 3.92. The molecule has 0 radical (unpaired) electrons. The van der Waals surface area contributed by atoms with Gasteiger partial charge in [0.05, 0.1) is 0 Å². The number of carbonyl (C=O) groups is 1. The van der Waals surface area contributed by atoms with Gasteiger partial charge in [0.25, 0.3) is 5.91 Å². The van der Waals surface area contributed by atoms with Crippen molar-refractivity contribution >= 4 is 29.2 Å². The Morgan fingerprint density at radius 1 is 1.07 bits per heavy atom. The van der Waals surface area contributed by atoms with Crippen molar-refractivity contribution in [3.05, 3.63) is 77.1 Å². The van der Waals surface area contributed by atoms with Crippen molar-refractivity contribution in [2.24, 2.45) is 0 Å². The van der Waals surface area contributed by atoms with Crippen molar-refractivity contribution in [2.45, 2.75) is 18.8 Å². The molecule has 4 aromatic rings. The first kappa shape index (κ1) is 17.9. The first-order chi connectivity index (χ1) is 14.2. The number of nitrogens with one attached hydrogen (secondary N) is 1. The number of aromatic nitrogens is 3. The van der Waals surface area contributed by atoms with Crippen molar-refractivity contribution < 1.29 is 9.21 Å². The number of fused-ring (bicyclic) bond motifs is 1. The highest BCUT2D eigenvalue weighted by molar-refractivity contribution is 7.71. The van der Waals surface area contributed by atoms with Gasteiger partial charge in [-0.3, -0.25) is 9.36 Å². The molecule has 0 bridgehead atoms. The van der Waals surface area contributed by atoms with Gasteiger partial charge in [-0.15, -0.1) is 0 Å². The second-order valence-electron chi connectivity index (χ2n) is 7.24. The maximum Gasteiger partial charge on any atom is 0.272 e. The number of nitrogens with zero attached hydrogens (tertiary/aromatic N) is 3. The number of para-hydroxylation sites is 3. The van der Waals surface area contributed by atoms with E-state index in [0.29, 0.717) is 23.6 Å². The van der Waals surface area contributed by atoms with E-state index in [9.17, 15) is 4.79 Å². The van der Waals surface area contributed by atoms with Crippen LogP contribution in [0.3, 0.4) is 0 Å². The average Bonchev–Trinajstić information content (AvgIpc) is 3.37. The fraction of sp³-hybridized carbons (Fsp3) is 0.227. The number of H-pyrrole nitrogens is 1. The predicted octanol–water partition coefficient (Wildman–Crippen LogP) is 4.70. The molecule has 0 saturated carbocycles. The molecule has 0 atom stereocenters. The van der Waals surface area contributed by atoms with Crippen molar-refractivity contribution in [3.63, 3.8) is 0 Å². The molecule has 29 heavy (non-hydrogen) atoms. The molecule has 0 aliphatic carbocycles. The first-order valence-corrected chi connectivity index (χ1v) is 10.1. The summed E-state index contributed by atoms with van der Waals surface area (Å²) < 4.78 is 8.24. The standard InChI is InChI=1S/C22H20N4O2S/c27-21(18-14-23-22(29)26(18)16-6-2-1-3-7-16)25-12-10-15(11-13-25)20-24-17-8-4-5-9-19(17)28-20/h1-9,14-15H,10-13H2,(H,23,29). The lowest BCUT2D eigenvalue weighted by Crippen LogP contribution is -2.38. The Kier molecular flexibility index (Phi) is 4.52. The van der Waals surface area contributed by atoms with Gasteiger partial charge < -0.3 is 14.3 Å². The molecule has 1 saturated heterocycles. The molecule has 5 rings (SSSR count). The summed E-state index contributed by atoms with van der Waals surface area (Å²) in [5, 5.41) is 0. The van der Waals surface area contributed by atoms with Gasteiger partial charge in [0.15, 0.2) is 16.2 Å². The van der Waals surface area contributed by atoms with Gasteiger partial charge in [-0.1, -0.05) is 30.3 Å². The summed E-state index contributed by atoms with van der Waals surface area (Å²) in [6.45, 7) is 1.32. The van der Waals surface area contributed by atoms with Crippen LogP contribution in [-0.2, 0) is 0 Å². The van der Waals surface area contributed by atoms with Gasteiger partial charge in [-0.25, -0.2) is 4.98 Å². The zero-order chi connectivity index (χ0) is 19.8. The van der Waals surface area contributed by atoms with Crippen LogP contribution in [0.15, 0.2) is 65.2 Å². The molecule has 1 N–H and O–H groups in total. The third-order valence-electron chi connectivity index (χ3n) is 5.45. The molecule has 2 aromatic carbocycles. The molecular weight excluding hydrogens is 384 g/mol. The molecule has 1 fully saturated rings. The van der Waals surface area contributed by atoms with Crippen LogP contribution in [0.1, 0.15) is 35.1 Å². The Balaban J connectivity index is 1.34. The third kappa shape index (κ3) is 3.27. The first-order valence-electron chi connectivity index (χ1n) is 9.71. The minimum absolute atomic E-state index is 0.0165. The maximum atomic E-state index is 13.2. The highest BCUT2D eigenvalue weighted by Crippen LogP contribution is 2.30. The molecule has 1 aliphatic heterocycles. The quantitative estimate of drug-likeness (QED) is 0.503. The van der Waals surface area contributed by atoms with Crippen molar-refractivity contribution in [1.29, 1.82) is 0 Å². The van der Waals surface area contributed by atoms with Crippen LogP contribution in [0.2, 0.25) is 0 Å². The van der Waals surface area contributed by atoms with Crippen LogP contribution < -0.4 is 0 Å². The zero-order valence-corrected chi connectivity index (χ0v) is 16.6. The van der Waals surface area contributed by atoms with Gasteiger partial charge in [0.1, 0.15) is 11.2 Å². The van der Waals surface area contributed by atoms with Crippen molar-refractivity contribution in [1.82, 2.24) is 19.4 Å². The second kappa shape index (κ2) is 7.33. The highest BCUT2D eigenvalue weighted by Gasteiger charge is 2.29. The van der Waals surface area contributed by atoms with Crippen LogP contribution in [0.5, 0.6) is 0 Å². The van der Waals surface area contributed by atoms with Gasteiger partial charge in [0, 0.05) is 30.9 Å². The van der Waals surface area contributed by atoms with Crippen LogP contribution >= 0.6 is 12.2 Å². The molecule has 3 heterocycles. The fourth-order valence-corrected chi connectivity index (χ4v) is 4.18. The normalized spacial score (nSPS) is 15.1. The summed E-state index contributed by atoms with van der Waals surface area (Å²) in [7, 11) is 0. The number of piperidine rings is 1. The topological polar surface area (TPSA) is 67.1 Å². The van der Waals surface area contributed by atoms with Crippen LogP contribution in [-0.4, -0.2) is 38.4 Å². The molecule has 1 amide bonds. The maximum absolute atomic E-state index is 13.2. The van der Waals surface area contributed by atoms with Gasteiger partial charge in [0.2, 0.25) is 0 Å². The molecule has 146 valence electrons. The average molecular weight is 404 g/mol. The number of rotatable bonds is 3. The summed E-state index contributed by atoms with van der Waals surface area (Å²) in [5.74, 6) is 0.984. The number of aromatic amines is 1. The Labute approximate surface area is 172 Å². The van der Waals surface area contributed by atoms with Gasteiger partial charge in [-0.05, 0) is 49.3 Å². The summed E-state index contributed by atoms with van der Waals surface area (Å²) in [6.07, 6.45) is 3.36. The van der Waals surface area contributed by atoms with Gasteiger partial charge >= 0.3 is 0 Å². The van der Waals surface area contributed by atoms with E-state index in [-0.39, 0.29) is 11.8 Å². The number of benzene rings is 2. The number of likely N-dealkylation sites (tertiary alicyclic amines) is 1. The molecule has 1 aliphatic rings. The van der Waals surface area contributed by atoms with Crippen LogP contribution in [0.25, 0.3) is 16.8 Å². The summed E-state index contributed by atoms with van der Waals surface area (Å²) in [6, 6.07) is 17.5. The van der Waals surface area contributed by atoms with E-state index >= 15 is 0 Å². The number of hydrogen-bond acceptors (Lipinski definition) is 4. The summed E-state index contributed by atoms with van der Waals surface area (Å²) >= 11 is 5.41. The minimum Gasteiger partial charge on any atom is -0.440 e. The molecule has 2 aromatic heterocycles. The van der Waals surface area contributed by atoms with Gasteiger partial charge in [-0.2, -0.15) is 0 Å². The van der Waals surface area contributed by atoms with E-state index in [1.807, 2.05) is 59.5 Å². The number of amides is 1. The van der Waals surface area contributed by atoms with Crippen molar-refractivity contribution in [2.75, 3.05) is 13.1 Å². The lowest BCUT2D eigenvalue weighted by Gasteiger charge is -2.30. The van der Waals surface area contributed by atoms with Crippen LogP contribution in [0, 0.1) is 4.77 Å². The summed E-state index contributed by atoms with van der Waals surface area (Å²) in [4.78, 5) is 22.7. The highest BCUT2D eigenvalue weighted by atomic mass is 32.1.